The summed E-state index contributed by atoms with van der Waals surface area (Å²) in [7, 11) is 0. The van der Waals surface area contributed by atoms with E-state index in [-0.39, 0.29) is 0 Å². The molecule has 0 atom stereocenters. The van der Waals surface area contributed by atoms with E-state index in [1.54, 1.807) is 0 Å². The second-order valence-electron chi connectivity index (χ2n) is 5.08. The summed E-state index contributed by atoms with van der Waals surface area (Å²) in [6.07, 6.45) is 7.45. The number of hydrogen-bond donors (Lipinski definition) is 0. The Labute approximate surface area is 80.2 Å². The van der Waals surface area contributed by atoms with Gasteiger partial charge in [-0.2, -0.15) is 0 Å². The van der Waals surface area contributed by atoms with E-state index in [1.165, 1.54) is 45.2 Å². The van der Waals surface area contributed by atoms with Gasteiger partial charge < -0.3 is 4.74 Å². The minimum absolute atomic E-state index is 0.775. The van der Waals surface area contributed by atoms with E-state index in [9.17, 15) is 0 Å². The van der Waals surface area contributed by atoms with Crippen LogP contribution < -0.4 is 0 Å². The van der Waals surface area contributed by atoms with Crippen molar-refractivity contribution in [1.82, 2.24) is 4.90 Å². The first kappa shape index (κ1) is 8.25. The van der Waals surface area contributed by atoms with Gasteiger partial charge in [0.2, 0.25) is 0 Å². The fraction of sp³-hybridized carbons (Fsp3) is 1.00. The lowest BCUT2D eigenvalue weighted by Crippen LogP contribution is -2.54. The molecule has 2 heteroatoms. The molecule has 0 unspecified atom stereocenters. The van der Waals surface area contributed by atoms with Crippen LogP contribution in [0.2, 0.25) is 0 Å². The van der Waals surface area contributed by atoms with Gasteiger partial charge in [0, 0.05) is 0 Å². The van der Waals surface area contributed by atoms with Crippen molar-refractivity contribution in [3.8, 4) is 0 Å². The van der Waals surface area contributed by atoms with Crippen LogP contribution in [-0.2, 0) is 4.74 Å². The third kappa shape index (κ3) is 1.31. The summed E-state index contributed by atoms with van der Waals surface area (Å²) in [5.74, 6) is 0. The Balaban J connectivity index is 1.54. The standard InChI is InChI=1S/C11H19NO/c1-2-11(3-1)4-6-12(7-5-11)10-8-13-9-10/h10H,1-9H2. The molecule has 3 fully saturated rings. The van der Waals surface area contributed by atoms with E-state index < -0.39 is 0 Å². The zero-order valence-corrected chi connectivity index (χ0v) is 8.30. The molecule has 0 aromatic carbocycles. The van der Waals surface area contributed by atoms with Gasteiger partial charge in [-0.15, -0.1) is 0 Å². The van der Waals surface area contributed by atoms with Crippen LogP contribution in [0.25, 0.3) is 0 Å². The highest BCUT2D eigenvalue weighted by atomic mass is 16.5. The SMILES string of the molecule is C1CC2(C1)CCN(C1COC1)CC2. The monoisotopic (exact) mass is 181 g/mol. The van der Waals surface area contributed by atoms with E-state index >= 15 is 0 Å². The van der Waals surface area contributed by atoms with Crippen LogP contribution in [0.5, 0.6) is 0 Å². The molecule has 0 aromatic rings. The summed E-state index contributed by atoms with van der Waals surface area (Å²) in [6, 6.07) is 0.775. The molecule has 0 N–H and O–H groups in total. The highest BCUT2D eigenvalue weighted by molar-refractivity contribution is 4.94. The maximum absolute atomic E-state index is 5.24. The number of piperidine rings is 1. The van der Waals surface area contributed by atoms with Crippen LogP contribution in [0.1, 0.15) is 32.1 Å². The molecule has 3 aliphatic rings. The molecule has 2 nitrogen and oxygen atoms in total. The van der Waals surface area contributed by atoms with E-state index in [0.717, 1.165) is 24.7 Å². The Bertz CT molecular complexity index is 186. The Morgan fingerprint density at radius 2 is 1.69 bits per heavy atom. The Kier molecular flexibility index (Phi) is 1.88. The normalized spacial score (nSPS) is 34.2. The highest BCUT2D eigenvalue weighted by Crippen LogP contribution is 2.49. The van der Waals surface area contributed by atoms with Crippen molar-refractivity contribution in [3.63, 3.8) is 0 Å². The summed E-state index contributed by atoms with van der Waals surface area (Å²) in [5, 5.41) is 0. The summed E-state index contributed by atoms with van der Waals surface area (Å²) >= 11 is 0. The van der Waals surface area contributed by atoms with E-state index in [1.807, 2.05) is 0 Å². The summed E-state index contributed by atoms with van der Waals surface area (Å²) in [5.41, 5.74) is 0.807. The van der Waals surface area contributed by atoms with Crippen LogP contribution in [0.15, 0.2) is 0 Å². The minimum Gasteiger partial charge on any atom is -0.378 e. The maximum atomic E-state index is 5.24. The van der Waals surface area contributed by atoms with Gasteiger partial charge in [0.1, 0.15) is 0 Å². The largest absolute Gasteiger partial charge is 0.378 e. The zero-order chi connectivity index (χ0) is 8.73. The molecule has 2 aliphatic heterocycles. The lowest BCUT2D eigenvalue weighted by atomic mass is 9.63. The average Bonchev–Trinajstić information content (AvgIpc) is 2.00. The van der Waals surface area contributed by atoms with Crippen molar-refractivity contribution >= 4 is 0 Å². The topological polar surface area (TPSA) is 12.5 Å². The molecular formula is C11H19NO. The van der Waals surface area contributed by atoms with Gasteiger partial charge in [-0.25, -0.2) is 0 Å². The third-order valence-electron chi connectivity index (χ3n) is 4.41. The van der Waals surface area contributed by atoms with Crippen LogP contribution in [0.3, 0.4) is 0 Å². The smallest absolute Gasteiger partial charge is 0.0645 e. The van der Waals surface area contributed by atoms with Gasteiger partial charge in [-0.05, 0) is 44.2 Å². The van der Waals surface area contributed by atoms with E-state index in [4.69, 9.17) is 4.74 Å². The molecule has 13 heavy (non-hydrogen) atoms. The minimum atomic E-state index is 0.775. The highest BCUT2D eigenvalue weighted by Gasteiger charge is 2.41. The van der Waals surface area contributed by atoms with Gasteiger partial charge in [0.05, 0.1) is 19.3 Å². The lowest BCUT2D eigenvalue weighted by molar-refractivity contribution is -0.0898. The first-order valence-corrected chi connectivity index (χ1v) is 5.70. The summed E-state index contributed by atoms with van der Waals surface area (Å²) in [6.45, 7) is 4.67. The van der Waals surface area contributed by atoms with Crippen LogP contribution >= 0.6 is 0 Å². The van der Waals surface area contributed by atoms with Crippen molar-refractivity contribution in [2.45, 2.75) is 38.1 Å². The fourth-order valence-electron chi connectivity index (χ4n) is 2.97. The molecule has 74 valence electrons. The number of ether oxygens (including phenoxy) is 1. The van der Waals surface area contributed by atoms with Gasteiger partial charge in [-0.1, -0.05) is 6.42 Å². The van der Waals surface area contributed by atoms with Crippen molar-refractivity contribution in [2.75, 3.05) is 26.3 Å². The predicted molar refractivity (Wildman–Crippen MR) is 51.7 cm³/mol. The molecular weight excluding hydrogens is 162 g/mol. The molecule has 1 aliphatic carbocycles. The average molecular weight is 181 g/mol. The van der Waals surface area contributed by atoms with Gasteiger partial charge in [0.25, 0.3) is 0 Å². The second kappa shape index (κ2) is 2.96. The van der Waals surface area contributed by atoms with Crippen LogP contribution in [0.4, 0.5) is 0 Å². The number of rotatable bonds is 1. The summed E-state index contributed by atoms with van der Waals surface area (Å²) in [4.78, 5) is 2.65. The van der Waals surface area contributed by atoms with Crippen molar-refractivity contribution in [3.05, 3.63) is 0 Å². The molecule has 2 saturated heterocycles. The Morgan fingerprint density at radius 3 is 2.08 bits per heavy atom. The molecule has 0 aromatic heterocycles. The Morgan fingerprint density at radius 1 is 1.00 bits per heavy atom. The predicted octanol–water partition coefficient (Wildman–Crippen LogP) is 1.65. The van der Waals surface area contributed by atoms with E-state index in [2.05, 4.69) is 4.90 Å². The van der Waals surface area contributed by atoms with Gasteiger partial charge in [-0.3, -0.25) is 4.90 Å². The molecule has 0 amide bonds. The first-order chi connectivity index (χ1) is 6.38. The second-order valence-corrected chi connectivity index (χ2v) is 5.08. The van der Waals surface area contributed by atoms with Crippen LogP contribution in [0, 0.1) is 5.41 Å². The maximum Gasteiger partial charge on any atom is 0.0645 e. The molecule has 1 spiro atoms. The number of hydrogen-bond acceptors (Lipinski definition) is 2. The van der Waals surface area contributed by atoms with Gasteiger partial charge in [0.15, 0.2) is 0 Å². The number of likely N-dealkylation sites (tertiary alicyclic amines) is 1. The van der Waals surface area contributed by atoms with Crippen LogP contribution in [-0.4, -0.2) is 37.2 Å². The van der Waals surface area contributed by atoms with E-state index in [0.29, 0.717) is 0 Å². The third-order valence-corrected chi connectivity index (χ3v) is 4.41. The fourth-order valence-corrected chi connectivity index (χ4v) is 2.97. The Hall–Kier alpha value is -0.0800. The first-order valence-electron chi connectivity index (χ1n) is 5.70. The van der Waals surface area contributed by atoms with Crippen molar-refractivity contribution in [1.29, 1.82) is 0 Å². The van der Waals surface area contributed by atoms with Crippen molar-refractivity contribution in [2.24, 2.45) is 5.41 Å². The molecule has 2 heterocycles. The summed E-state index contributed by atoms with van der Waals surface area (Å²) < 4.78 is 5.24. The van der Waals surface area contributed by atoms with Crippen molar-refractivity contribution < 1.29 is 4.74 Å². The molecule has 3 rings (SSSR count). The molecule has 0 radical (unpaired) electrons. The number of nitrogens with zero attached hydrogens (tertiary/aromatic N) is 1. The zero-order valence-electron chi connectivity index (χ0n) is 8.30. The molecule has 0 bridgehead atoms. The quantitative estimate of drug-likeness (QED) is 0.610. The lowest BCUT2D eigenvalue weighted by Gasteiger charge is -2.50. The molecule has 1 saturated carbocycles. The van der Waals surface area contributed by atoms with Gasteiger partial charge >= 0.3 is 0 Å².